The number of benzene rings is 2. The predicted octanol–water partition coefficient (Wildman–Crippen LogP) is 4.11. The van der Waals surface area contributed by atoms with Gasteiger partial charge in [0, 0.05) is 12.6 Å². The van der Waals surface area contributed by atoms with Gasteiger partial charge >= 0.3 is 0 Å². The minimum atomic E-state index is -0.440. The maximum Gasteiger partial charge on any atom is 0.290 e. The summed E-state index contributed by atoms with van der Waals surface area (Å²) in [6.45, 7) is 4.15. The van der Waals surface area contributed by atoms with Gasteiger partial charge in [0.25, 0.3) is 11.8 Å². The van der Waals surface area contributed by atoms with Crippen molar-refractivity contribution < 1.29 is 23.1 Å². The number of ether oxygens (including phenoxy) is 1. The quantitative estimate of drug-likeness (QED) is 0.631. The van der Waals surface area contributed by atoms with Crippen molar-refractivity contribution in [1.82, 2.24) is 10.2 Å². The molecule has 0 saturated carbocycles. The Bertz CT molecular complexity index is 1090. The van der Waals surface area contributed by atoms with Crippen LogP contribution in [-0.4, -0.2) is 35.9 Å². The normalized spacial score (nSPS) is 15.4. The molecule has 32 heavy (non-hydrogen) atoms. The molecule has 0 bridgehead atoms. The first kappa shape index (κ1) is 21.6. The summed E-state index contributed by atoms with van der Waals surface area (Å²) in [4.78, 5) is 26.9. The molecule has 1 unspecified atom stereocenters. The fourth-order valence-electron chi connectivity index (χ4n) is 3.96. The molecule has 0 aliphatic carbocycles. The van der Waals surface area contributed by atoms with Crippen LogP contribution in [0.3, 0.4) is 0 Å². The summed E-state index contributed by atoms with van der Waals surface area (Å²) < 4.78 is 24.7. The van der Waals surface area contributed by atoms with E-state index in [9.17, 15) is 14.0 Å². The molecule has 3 aromatic rings. The van der Waals surface area contributed by atoms with Crippen molar-refractivity contribution in [2.24, 2.45) is 0 Å². The summed E-state index contributed by atoms with van der Waals surface area (Å²) in [6.07, 6.45) is 2.12. The third-order valence-corrected chi connectivity index (χ3v) is 5.34. The molecule has 1 N–H and O–H groups in total. The lowest BCUT2D eigenvalue weighted by Gasteiger charge is -2.37. The van der Waals surface area contributed by atoms with E-state index in [1.54, 1.807) is 29.2 Å². The molecule has 1 aromatic heterocycles. The average Bonchev–Trinajstić information content (AvgIpc) is 3.31. The molecule has 166 valence electrons. The molecule has 0 radical (unpaired) electrons. The molecule has 0 fully saturated rings. The first-order valence-electron chi connectivity index (χ1n) is 10.6. The second kappa shape index (κ2) is 9.26. The molecule has 1 aliphatic rings. The molecular weight excluding hydrogens is 411 g/mol. The first-order chi connectivity index (χ1) is 15.4. The number of hydrogen-bond acceptors (Lipinski definition) is 4. The standard InChI is InChI=1S/C25H25FN2O4/c1-16(2)27-23(29)15-32-20-10-7-17-11-12-28(25(30)22-4-3-13-31-22)24(21(17)14-20)18-5-8-19(26)9-6-18/h3-10,13-14,16,24H,11-12,15H2,1-2H3,(H,27,29). The van der Waals surface area contributed by atoms with E-state index in [0.29, 0.717) is 18.7 Å². The third kappa shape index (κ3) is 4.66. The molecule has 2 amide bonds. The zero-order valence-electron chi connectivity index (χ0n) is 18.0. The van der Waals surface area contributed by atoms with Gasteiger partial charge in [0.2, 0.25) is 0 Å². The van der Waals surface area contributed by atoms with Gasteiger partial charge in [-0.1, -0.05) is 18.2 Å². The number of fused-ring (bicyclic) bond motifs is 1. The van der Waals surface area contributed by atoms with E-state index in [-0.39, 0.29) is 36.0 Å². The smallest absolute Gasteiger partial charge is 0.290 e. The Balaban J connectivity index is 1.68. The average molecular weight is 436 g/mol. The van der Waals surface area contributed by atoms with E-state index < -0.39 is 6.04 Å². The van der Waals surface area contributed by atoms with Crippen LogP contribution in [0.25, 0.3) is 0 Å². The zero-order valence-corrected chi connectivity index (χ0v) is 18.0. The highest BCUT2D eigenvalue weighted by molar-refractivity contribution is 5.92. The molecular formula is C25H25FN2O4. The van der Waals surface area contributed by atoms with E-state index in [4.69, 9.17) is 9.15 Å². The molecule has 2 aromatic carbocycles. The van der Waals surface area contributed by atoms with Crippen LogP contribution in [0.15, 0.2) is 65.3 Å². The van der Waals surface area contributed by atoms with E-state index in [1.165, 1.54) is 18.4 Å². The molecule has 0 saturated heterocycles. The molecule has 0 spiro atoms. The highest BCUT2D eigenvalue weighted by Gasteiger charge is 2.34. The van der Waals surface area contributed by atoms with Gasteiger partial charge in [-0.05, 0) is 73.4 Å². The van der Waals surface area contributed by atoms with Gasteiger partial charge in [-0.25, -0.2) is 4.39 Å². The number of nitrogens with one attached hydrogen (secondary N) is 1. The maximum absolute atomic E-state index is 13.6. The molecule has 2 heterocycles. The summed E-state index contributed by atoms with van der Waals surface area (Å²) in [5.41, 5.74) is 2.73. The second-order valence-corrected chi connectivity index (χ2v) is 8.05. The van der Waals surface area contributed by atoms with Gasteiger partial charge < -0.3 is 19.4 Å². The fraction of sp³-hybridized carbons (Fsp3) is 0.280. The summed E-state index contributed by atoms with van der Waals surface area (Å²) >= 11 is 0. The van der Waals surface area contributed by atoms with Crippen LogP contribution >= 0.6 is 0 Å². The van der Waals surface area contributed by atoms with Gasteiger partial charge in [0.15, 0.2) is 12.4 Å². The summed E-state index contributed by atoms with van der Waals surface area (Å²) in [5.74, 6) is -0.0117. The molecule has 7 heteroatoms. The predicted molar refractivity (Wildman–Crippen MR) is 117 cm³/mol. The summed E-state index contributed by atoms with van der Waals surface area (Å²) in [6, 6.07) is 14.7. The monoisotopic (exact) mass is 436 g/mol. The Morgan fingerprint density at radius 3 is 2.66 bits per heavy atom. The SMILES string of the molecule is CC(C)NC(=O)COc1ccc2c(c1)C(c1ccc(F)cc1)N(C(=O)c1ccco1)CC2. The van der Waals surface area contributed by atoms with Crippen molar-refractivity contribution in [2.75, 3.05) is 13.2 Å². The molecule has 6 nitrogen and oxygen atoms in total. The van der Waals surface area contributed by atoms with Crippen molar-refractivity contribution in [3.8, 4) is 5.75 Å². The van der Waals surface area contributed by atoms with Crippen molar-refractivity contribution >= 4 is 11.8 Å². The second-order valence-electron chi connectivity index (χ2n) is 8.05. The zero-order chi connectivity index (χ0) is 22.7. The first-order valence-corrected chi connectivity index (χ1v) is 10.6. The number of halogens is 1. The van der Waals surface area contributed by atoms with Crippen LogP contribution < -0.4 is 10.1 Å². The lowest BCUT2D eigenvalue weighted by atomic mass is 9.87. The maximum atomic E-state index is 13.6. The van der Waals surface area contributed by atoms with Crippen molar-refractivity contribution in [1.29, 1.82) is 0 Å². The Morgan fingerprint density at radius 2 is 1.97 bits per heavy atom. The van der Waals surface area contributed by atoms with Crippen LogP contribution in [0.4, 0.5) is 4.39 Å². The Hall–Kier alpha value is -3.61. The van der Waals surface area contributed by atoms with Gasteiger partial charge in [0.1, 0.15) is 11.6 Å². The van der Waals surface area contributed by atoms with Crippen LogP contribution in [0.5, 0.6) is 5.75 Å². The Labute approximate surface area is 186 Å². The molecule has 1 aliphatic heterocycles. The van der Waals surface area contributed by atoms with Crippen LogP contribution in [0.1, 0.15) is 47.1 Å². The number of carbonyl (C=O) groups excluding carboxylic acids is 2. The number of hydrogen-bond donors (Lipinski definition) is 1. The number of furan rings is 1. The number of carbonyl (C=O) groups is 2. The third-order valence-electron chi connectivity index (χ3n) is 5.34. The van der Waals surface area contributed by atoms with Gasteiger partial charge in [-0.3, -0.25) is 9.59 Å². The van der Waals surface area contributed by atoms with Gasteiger partial charge in [0.05, 0.1) is 12.3 Å². The van der Waals surface area contributed by atoms with Gasteiger partial charge in [-0.15, -0.1) is 0 Å². The lowest BCUT2D eigenvalue weighted by molar-refractivity contribution is -0.123. The fourth-order valence-corrected chi connectivity index (χ4v) is 3.96. The number of nitrogens with zero attached hydrogens (tertiary/aromatic N) is 1. The van der Waals surface area contributed by atoms with Gasteiger partial charge in [-0.2, -0.15) is 0 Å². The van der Waals surface area contributed by atoms with Crippen LogP contribution in [0, 0.1) is 5.82 Å². The number of rotatable bonds is 6. The summed E-state index contributed by atoms with van der Waals surface area (Å²) in [7, 11) is 0. The van der Waals surface area contributed by atoms with Crippen molar-refractivity contribution in [3.05, 3.63) is 89.1 Å². The topological polar surface area (TPSA) is 71.8 Å². The Morgan fingerprint density at radius 1 is 1.19 bits per heavy atom. The highest BCUT2D eigenvalue weighted by Crippen LogP contribution is 2.38. The lowest BCUT2D eigenvalue weighted by Crippen LogP contribution is -2.40. The van der Waals surface area contributed by atoms with Crippen molar-refractivity contribution in [2.45, 2.75) is 32.4 Å². The van der Waals surface area contributed by atoms with Crippen LogP contribution in [0.2, 0.25) is 0 Å². The summed E-state index contributed by atoms with van der Waals surface area (Å²) in [5, 5.41) is 2.79. The molecule has 4 rings (SSSR count). The minimum Gasteiger partial charge on any atom is -0.484 e. The van der Waals surface area contributed by atoms with E-state index in [0.717, 1.165) is 16.7 Å². The van der Waals surface area contributed by atoms with E-state index >= 15 is 0 Å². The largest absolute Gasteiger partial charge is 0.484 e. The minimum absolute atomic E-state index is 0.0265. The molecule has 1 atom stereocenters. The van der Waals surface area contributed by atoms with E-state index in [2.05, 4.69) is 5.32 Å². The highest BCUT2D eigenvalue weighted by atomic mass is 19.1. The van der Waals surface area contributed by atoms with E-state index in [1.807, 2.05) is 32.0 Å². The van der Waals surface area contributed by atoms with Crippen molar-refractivity contribution in [3.63, 3.8) is 0 Å². The number of amides is 2. The Kier molecular flexibility index (Phi) is 6.25. The van der Waals surface area contributed by atoms with Crippen LogP contribution in [-0.2, 0) is 11.2 Å².